The van der Waals surface area contributed by atoms with Crippen molar-refractivity contribution in [3.8, 4) is 11.1 Å². The molecule has 2 amide bonds. The molecule has 4 nitrogen and oxygen atoms in total. The Balaban J connectivity index is 1.75. The van der Waals surface area contributed by atoms with E-state index < -0.39 is 11.7 Å². The van der Waals surface area contributed by atoms with Crippen molar-refractivity contribution in [2.75, 3.05) is 6.54 Å². The van der Waals surface area contributed by atoms with Crippen molar-refractivity contribution in [1.29, 1.82) is 0 Å². The number of halogens is 3. The topological polar surface area (TPSA) is 72.2 Å². The van der Waals surface area contributed by atoms with Gasteiger partial charge in [0.2, 0.25) is 5.91 Å². The maximum atomic E-state index is 14.3. The third-order valence-corrected chi connectivity index (χ3v) is 7.29. The van der Waals surface area contributed by atoms with Crippen LogP contribution in [0.15, 0.2) is 30.3 Å². The van der Waals surface area contributed by atoms with Crippen LogP contribution in [0, 0.1) is 17.7 Å². The van der Waals surface area contributed by atoms with E-state index >= 15 is 0 Å². The molecule has 2 atom stereocenters. The van der Waals surface area contributed by atoms with Crippen molar-refractivity contribution in [2.45, 2.75) is 44.4 Å². The summed E-state index contributed by atoms with van der Waals surface area (Å²) in [4.78, 5) is 23.9. The van der Waals surface area contributed by atoms with Crippen LogP contribution in [0.5, 0.6) is 0 Å². The van der Waals surface area contributed by atoms with Gasteiger partial charge in [-0.25, -0.2) is 4.39 Å². The lowest BCUT2D eigenvalue weighted by atomic mass is 9.70. The number of rotatable bonds is 5. The summed E-state index contributed by atoms with van der Waals surface area (Å²) < 4.78 is 14.3. The SMILES string of the molecule is NC(=O)c1ccc(-c2cc(Cl)c(C(C3CCCCC3)C3CCNC3=O)c(Cl)c2)cc1F. The smallest absolute Gasteiger partial charge is 0.251 e. The van der Waals surface area contributed by atoms with Gasteiger partial charge in [-0.2, -0.15) is 0 Å². The minimum atomic E-state index is -0.819. The monoisotopic (exact) mass is 462 g/mol. The van der Waals surface area contributed by atoms with Crippen molar-refractivity contribution in [3.05, 3.63) is 57.3 Å². The molecule has 0 aromatic heterocycles. The van der Waals surface area contributed by atoms with E-state index in [1.165, 1.54) is 18.6 Å². The van der Waals surface area contributed by atoms with Crippen molar-refractivity contribution in [2.24, 2.45) is 17.6 Å². The van der Waals surface area contributed by atoms with Crippen molar-refractivity contribution in [1.82, 2.24) is 5.32 Å². The average Bonchev–Trinajstić information content (AvgIpc) is 3.16. The van der Waals surface area contributed by atoms with Crippen LogP contribution in [0.3, 0.4) is 0 Å². The van der Waals surface area contributed by atoms with Crippen LogP contribution in [0.1, 0.15) is 60.4 Å². The largest absolute Gasteiger partial charge is 0.366 e. The van der Waals surface area contributed by atoms with Gasteiger partial charge in [0.15, 0.2) is 0 Å². The summed E-state index contributed by atoms with van der Waals surface area (Å²) in [5.74, 6) is -1.27. The van der Waals surface area contributed by atoms with Crippen LogP contribution in [0.4, 0.5) is 4.39 Å². The molecule has 2 aromatic carbocycles. The highest BCUT2D eigenvalue weighted by atomic mass is 35.5. The lowest BCUT2D eigenvalue weighted by Crippen LogP contribution is -2.30. The zero-order valence-electron chi connectivity index (χ0n) is 17.1. The molecule has 164 valence electrons. The fourth-order valence-electron chi connectivity index (χ4n) is 5.18. The Hall–Kier alpha value is -2.11. The van der Waals surface area contributed by atoms with E-state index in [2.05, 4.69) is 5.32 Å². The highest BCUT2D eigenvalue weighted by Crippen LogP contribution is 2.48. The van der Waals surface area contributed by atoms with Gasteiger partial charge in [-0.3, -0.25) is 9.59 Å². The molecule has 2 unspecified atom stereocenters. The first kappa shape index (κ1) is 22.1. The molecule has 0 spiro atoms. The first-order valence-electron chi connectivity index (χ1n) is 10.7. The highest BCUT2D eigenvalue weighted by Gasteiger charge is 2.40. The minimum Gasteiger partial charge on any atom is -0.366 e. The Morgan fingerprint density at radius 3 is 2.26 bits per heavy atom. The molecule has 1 saturated carbocycles. The van der Waals surface area contributed by atoms with Gasteiger partial charge in [-0.05, 0) is 66.1 Å². The summed E-state index contributed by atoms with van der Waals surface area (Å²) in [5, 5.41) is 3.92. The van der Waals surface area contributed by atoms with Crippen molar-refractivity contribution in [3.63, 3.8) is 0 Å². The Kier molecular flexibility index (Phi) is 6.54. The normalized spacial score (nSPS) is 20.5. The zero-order valence-corrected chi connectivity index (χ0v) is 18.6. The number of amides is 2. The number of benzene rings is 2. The van der Waals surface area contributed by atoms with Gasteiger partial charge in [-0.15, -0.1) is 0 Å². The highest BCUT2D eigenvalue weighted by molar-refractivity contribution is 6.36. The summed E-state index contributed by atoms with van der Waals surface area (Å²) in [7, 11) is 0. The average molecular weight is 463 g/mol. The van der Waals surface area contributed by atoms with Crippen LogP contribution in [0.2, 0.25) is 10.0 Å². The Bertz CT molecular complexity index is 998. The lowest BCUT2D eigenvalue weighted by molar-refractivity contribution is -0.123. The third-order valence-electron chi connectivity index (χ3n) is 6.66. The Morgan fingerprint density at radius 2 is 1.71 bits per heavy atom. The maximum Gasteiger partial charge on any atom is 0.251 e. The van der Waals surface area contributed by atoms with Crippen LogP contribution >= 0.6 is 23.2 Å². The van der Waals surface area contributed by atoms with E-state index in [0.29, 0.717) is 33.6 Å². The number of hydrogen-bond acceptors (Lipinski definition) is 2. The molecule has 0 bridgehead atoms. The Labute approximate surface area is 191 Å². The van der Waals surface area contributed by atoms with Gasteiger partial charge in [-0.1, -0.05) is 48.5 Å². The second-order valence-electron chi connectivity index (χ2n) is 8.52. The molecular formula is C24H25Cl2FN2O2. The van der Waals surface area contributed by atoms with Gasteiger partial charge >= 0.3 is 0 Å². The molecule has 1 aliphatic heterocycles. The Morgan fingerprint density at radius 1 is 1.03 bits per heavy atom. The first-order chi connectivity index (χ1) is 14.9. The molecule has 2 aromatic rings. The number of primary amides is 1. The van der Waals surface area contributed by atoms with Gasteiger partial charge < -0.3 is 11.1 Å². The van der Waals surface area contributed by atoms with E-state index in [1.54, 1.807) is 18.2 Å². The van der Waals surface area contributed by atoms with Crippen LogP contribution < -0.4 is 11.1 Å². The fraction of sp³-hybridized carbons (Fsp3) is 0.417. The third kappa shape index (κ3) is 4.44. The minimum absolute atomic E-state index is 0.0363. The zero-order chi connectivity index (χ0) is 22.1. The van der Waals surface area contributed by atoms with E-state index in [4.69, 9.17) is 28.9 Å². The molecular weight excluding hydrogens is 438 g/mol. The van der Waals surface area contributed by atoms with Crippen LogP contribution in [0.25, 0.3) is 11.1 Å². The molecule has 4 rings (SSSR count). The lowest BCUT2D eigenvalue weighted by Gasteiger charge is -2.34. The molecule has 1 heterocycles. The molecule has 1 saturated heterocycles. The number of nitrogens with one attached hydrogen (secondary N) is 1. The van der Waals surface area contributed by atoms with E-state index in [9.17, 15) is 14.0 Å². The standard InChI is InChI=1S/C24H25Cl2FN2O2/c25-18-10-15(14-6-7-16(23(28)30)20(27)12-14)11-19(26)22(18)21(13-4-2-1-3-5-13)17-8-9-29-24(17)31/h6-7,10-13,17,21H,1-5,8-9H2,(H2,28,30)(H,29,31). The summed E-state index contributed by atoms with van der Waals surface area (Å²) in [6.07, 6.45) is 6.40. The number of carbonyl (C=O) groups excluding carboxylic acids is 2. The van der Waals surface area contributed by atoms with E-state index in [0.717, 1.165) is 37.7 Å². The van der Waals surface area contributed by atoms with Crippen molar-refractivity contribution < 1.29 is 14.0 Å². The quantitative estimate of drug-likeness (QED) is 0.597. The van der Waals surface area contributed by atoms with E-state index in [-0.39, 0.29) is 23.3 Å². The molecule has 1 aliphatic carbocycles. The van der Waals surface area contributed by atoms with Gasteiger partial charge in [0.05, 0.1) is 5.56 Å². The number of nitrogens with two attached hydrogens (primary N) is 1. The van der Waals surface area contributed by atoms with Gasteiger partial charge in [0.1, 0.15) is 5.82 Å². The summed E-state index contributed by atoms with van der Waals surface area (Å²) >= 11 is 13.5. The maximum absolute atomic E-state index is 14.3. The molecule has 0 radical (unpaired) electrons. The van der Waals surface area contributed by atoms with E-state index in [1.807, 2.05) is 0 Å². The summed E-state index contributed by atoms with van der Waals surface area (Å²) in [5.41, 5.74) is 7.04. The molecule has 3 N–H and O–H groups in total. The van der Waals surface area contributed by atoms with Gasteiger partial charge in [0.25, 0.3) is 5.91 Å². The van der Waals surface area contributed by atoms with Crippen LogP contribution in [-0.4, -0.2) is 18.4 Å². The number of hydrogen-bond donors (Lipinski definition) is 2. The number of carbonyl (C=O) groups is 2. The van der Waals surface area contributed by atoms with Gasteiger partial charge in [0, 0.05) is 28.4 Å². The van der Waals surface area contributed by atoms with Crippen LogP contribution in [-0.2, 0) is 4.79 Å². The predicted molar refractivity (Wildman–Crippen MR) is 121 cm³/mol. The van der Waals surface area contributed by atoms with Crippen molar-refractivity contribution >= 4 is 35.0 Å². The summed E-state index contributed by atoms with van der Waals surface area (Å²) in [6, 6.07) is 7.77. The molecule has 7 heteroatoms. The predicted octanol–water partition coefficient (Wildman–Crippen LogP) is 5.70. The second-order valence-corrected chi connectivity index (χ2v) is 9.34. The molecule has 31 heavy (non-hydrogen) atoms. The first-order valence-corrected chi connectivity index (χ1v) is 11.5. The second kappa shape index (κ2) is 9.17. The fourth-order valence-corrected chi connectivity index (χ4v) is 5.92. The molecule has 2 fully saturated rings. The molecule has 2 aliphatic rings. The summed E-state index contributed by atoms with van der Waals surface area (Å²) in [6.45, 7) is 0.672.